The van der Waals surface area contributed by atoms with Crippen LogP contribution in [0.2, 0.25) is 0 Å². The summed E-state index contributed by atoms with van der Waals surface area (Å²) in [6.07, 6.45) is -3.31. The van der Waals surface area contributed by atoms with Crippen LogP contribution in [-0.4, -0.2) is 85.5 Å². The molecule has 22 heteroatoms. The van der Waals surface area contributed by atoms with Crippen molar-refractivity contribution in [2.75, 3.05) is 13.7 Å². The smallest absolute Gasteiger partial charge is 0.338 e. The number of hydrogen-bond acceptors (Lipinski definition) is 21. The van der Waals surface area contributed by atoms with Crippen molar-refractivity contribution in [1.29, 1.82) is 0 Å². The van der Waals surface area contributed by atoms with Crippen molar-refractivity contribution < 1.29 is 100 Å². The predicted octanol–water partition coefficient (Wildman–Crippen LogP) is 4.34. The molecule has 0 spiro atoms. The zero-order valence-corrected chi connectivity index (χ0v) is 38.8. The minimum Gasteiger partial charge on any atom is -0.481 e. The van der Waals surface area contributed by atoms with Crippen LogP contribution in [0.5, 0.6) is 51.7 Å². The molecule has 4 aromatic rings. The summed E-state index contributed by atoms with van der Waals surface area (Å²) < 4.78 is 60.4. The third-order valence-corrected chi connectivity index (χ3v) is 9.25. The average molecular weight is 972 g/mol. The van der Waals surface area contributed by atoms with Crippen molar-refractivity contribution in [2.24, 2.45) is 0 Å². The molecule has 22 nitrogen and oxygen atoms in total. The van der Waals surface area contributed by atoms with E-state index in [0.717, 1.165) is 67.7 Å². The molecule has 1 aliphatic rings. The summed E-state index contributed by atoms with van der Waals surface area (Å²) in [5.74, 6) is -12.3. The van der Waals surface area contributed by atoms with Crippen LogP contribution >= 0.6 is 0 Å². The summed E-state index contributed by atoms with van der Waals surface area (Å²) in [5, 5.41) is 2.51. The van der Waals surface area contributed by atoms with E-state index < -0.39 is 125 Å². The molecule has 1 aliphatic heterocycles. The van der Waals surface area contributed by atoms with Crippen LogP contribution in [0.4, 0.5) is 0 Å². The first-order valence-corrected chi connectivity index (χ1v) is 20.8. The second kappa shape index (κ2) is 23.3. The van der Waals surface area contributed by atoms with Gasteiger partial charge in [-0.15, -0.1) is 0 Å². The fraction of sp³-hybridized carbons (Fsp3) is 0.292. The Kier molecular flexibility index (Phi) is 17.3. The van der Waals surface area contributed by atoms with Gasteiger partial charge < -0.3 is 57.4 Å². The molecule has 0 radical (unpaired) electrons. The van der Waals surface area contributed by atoms with Crippen LogP contribution in [0.1, 0.15) is 81.6 Å². The van der Waals surface area contributed by atoms with Crippen LogP contribution in [0.3, 0.4) is 0 Å². The number of hydrogen-bond donors (Lipinski definition) is 1. The van der Waals surface area contributed by atoms with Crippen molar-refractivity contribution >= 4 is 59.6 Å². The maximum absolute atomic E-state index is 14.4. The second-order valence-electron chi connectivity index (χ2n) is 15.0. The van der Waals surface area contributed by atoms with Crippen molar-refractivity contribution in [3.63, 3.8) is 0 Å². The van der Waals surface area contributed by atoms with E-state index in [2.05, 4.69) is 5.32 Å². The normalized spacial score (nSPS) is 13.8. The summed E-state index contributed by atoms with van der Waals surface area (Å²) in [5.41, 5.74) is 0.318. The first-order valence-electron chi connectivity index (χ1n) is 20.8. The van der Waals surface area contributed by atoms with Gasteiger partial charge in [0.15, 0.2) is 35.7 Å². The first-order chi connectivity index (χ1) is 33.1. The fourth-order valence-corrected chi connectivity index (χ4v) is 6.81. The van der Waals surface area contributed by atoms with Gasteiger partial charge in [0.2, 0.25) is 11.5 Å². The molecular formula is C48H45NO21. The van der Waals surface area contributed by atoms with Crippen LogP contribution in [0.25, 0.3) is 0 Å². The van der Waals surface area contributed by atoms with E-state index in [-0.39, 0.29) is 41.2 Å². The standard InChI is InChI=1S/C48H45NO21/c1-23(50)62-33-19-36(63-24(2)51)34-21-42(44(69-37(34)20-33)31-15-40(66-27(5)54)46(68-29(7)56)41(16-31)67-28(6)55)70-47(58)32-17-38(64-25(3)52)45(39(18-32)65-26(4)53)61-22-43(57)49-35(48(59)60-8)14-30-12-10-9-11-13-30/h9-13,15-20,35,42,44H,14,21-22H2,1-8H3,(H,49,57)/t35-,42+,44+/m0/s1. The highest BCUT2D eigenvalue weighted by molar-refractivity contribution is 5.92. The molecule has 0 aromatic heterocycles. The van der Waals surface area contributed by atoms with E-state index >= 15 is 0 Å². The van der Waals surface area contributed by atoms with Crippen LogP contribution in [-0.2, 0) is 65.5 Å². The molecule has 70 heavy (non-hydrogen) atoms. The highest BCUT2D eigenvalue weighted by Gasteiger charge is 2.39. The predicted molar refractivity (Wildman–Crippen MR) is 234 cm³/mol. The molecule has 3 atom stereocenters. The summed E-state index contributed by atoms with van der Waals surface area (Å²) in [6, 6.07) is 14.3. The first kappa shape index (κ1) is 52.2. The molecule has 1 amide bonds. The summed E-state index contributed by atoms with van der Waals surface area (Å²) >= 11 is 0. The minimum atomic E-state index is -1.50. The Labute approximate surface area is 398 Å². The fourth-order valence-electron chi connectivity index (χ4n) is 6.81. The Morgan fingerprint density at radius 1 is 0.600 bits per heavy atom. The number of ether oxygens (including phenoxy) is 11. The van der Waals surface area contributed by atoms with Crippen LogP contribution < -0.4 is 47.9 Å². The number of fused-ring (bicyclic) bond motifs is 1. The Bertz CT molecular complexity index is 2670. The van der Waals surface area contributed by atoms with Crippen LogP contribution in [0, 0.1) is 0 Å². The third-order valence-electron chi connectivity index (χ3n) is 9.25. The molecule has 368 valence electrons. The number of rotatable bonds is 17. The summed E-state index contributed by atoms with van der Waals surface area (Å²) in [6.45, 7) is 6.49. The van der Waals surface area contributed by atoms with Crippen molar-refractivity contribution in [1.82, 2.24) is 5.32 Å². The lowest BCUT2D eigenvalue weighted by Gasteiger charge is -2.34. The van der Waals surface area contributed by atoms with Gasteiger partial charge in [-0.3, -0.25) is 38.4 Å². The molecular weight excluding hydrogens is 927 g/mol. The molecule has 5 rings (SSSR count). The van der Waals surface area contributed by atoms with Gasteiger partial charge in [0.1, 0.15) is 29.4 Å². The van der Waals surface area contributed by atoms with E-state index in [1.165, 1.54) is 24.3 Å². The molecule has 0 saturated heterocycles. The lowest BCUT2D eigenvalue weighted by Crippen LogP contribution is -2.45. The molecule has 0 fully saturated rings. The van der Waals surface area contributed by atoms with Crippen molar-refractivity contribution in [2.45, 2.75) is 79.6 Å². The SMILES string of the molecule is COC(=O)[C@H](Cc1ccccc1)NC(=O)COc1c(OC(C)=O)cc(C(=O)O[C@@H]2Cc3c(OC(C)=O)cc(OC(C)=O)cc3O[C@@H]2c2cc(OC(C)=O)c(OC(C)=O)c(OC(C)=O)c2)cc1OC(C)=O. The van der Waals surface area contributed by atoms with Gasteiger partial charge in [-0.05, 0) is 29.8 Å². The Morgan fingerprint density at radius 3 is 1.60 bits per heavy atom. The van der Waals surface area contributed by atoms with Crippen LogP contribution in [0.15, 0.2) is 66.7 Å². The Balaban J connectivity index is 1.60. The maximum atomic E-state index is 14.4. The highest BCUT2D eigenvalue weighted by atomic mass is 16.6. The largest absolute Gasteiger partial charge is 0.481 e. The average Bonchev–Trinajstić information content (AvgIpc) is 3.25. The number of carbonyl (C=O) groups excluding carboxylic acids is 10. The molecule has 4 aromatic carbocycles. The number of methoxy groups -OCH3 is 1. The number of carbonyl (C=O) groups is 10. The van der Waals surface area contributed by atoms with Gasteiger partial charge in [0, 0.05) is 84.6 Å². The van der Waals surface area contributed by atoms with Gasteiger partial charge in [-0.1, -0.05) is 30.3 Å². The van der Waals surface area contributed by atoms with Gasteiger partial charge in [0.25, 0.3) is 5.91 Å². The van der Waals surface area contributed by atoms with Crippen molar-refractivity contribution in [3.05, 3.63) is 89.0 Å². The minimum absolute atomic E-state index is 0.0415. The zero-order valence-electron chi connectivity index (χ0n) is 38.8. The number of nitrogens with one attached hydrogen (secondary N) is 1. The molecule has 0 bridgehead atoms. The lowest BCUT2D eigenvalue weighted by molar-refractivity contribution is -0.145. The molecule has 1 N–H and O–H groups in total. The quantitative estimate of drug-likeness (QED) is 0.114. The van der Waals surface area contributed by atoms with Gasteiger partial charge in [0.05, 0.1) is 12.7 Å². The molecule has 1 heterocycles. The van der Waals surface area contributed by atoms with Gasteiger partial charge in [-0.25, -0.2) is 9.59 Å². The zero-order chi connectivity index (χ0) is 51.4. The van der Waals surface area contributed by atoms with E-state index in [1.54, 1.807) is 30.3 Å². The van der Waals surface area contributed by atoms with E-state index in [9.17, 15) is 47.9 Å². The topological polar surface area (TPSA) is 284 Å². The van der Waals surface area contributed by atoms with Crippen molar-refractivity contribution in [3.8, 4) is 51.7 Å². The Morgan fingerprint density at radius 2 is 1.10 bits per heavy atom. The number of esters is 9. The second-order valence-corrected chi connectivity index (χ2v) is 15.0. The monoisotopic (exact) mass is 971 g/mol. The van der Waals surface area contributed by atoms with E-state index in [4.69, 9.17) is 52.1 Å². The third kappa shape index (κ3) is 14.3. The van der Waals surface area contributed by atoms with Gasteiger partial charge >= 0.3 is 53.7 Å². The van der Waals surface area contributed by atoms with E-state index in [0.29, 0.717) is 5.56 Å². The molecule has 0 saturated carbocycles. The highest BCUT2D eigenvalue weighted by Crippen LogP contribution is 2.48. The van der Waals surface area contributed by atoms with E-state index in [1.807, 2.05) is 0 Å². The number of amides is 1. The lowest BCUT2D eigenvalue weighted by atomic mass is 9.93. The van der Waals surface area contributed by atoms with Gasteiger partial charge in [-0.2, -0.15) is 0 Å². The molecule has 0 unspecified atom stereocenters. The maximum Gasteiger partial charge on any atom is 0.338 e. The summed E-state index contributed by atoms with van der Waals surface area (Å²) in [4.78, 5) is 126. The summed E-state index contributed by atoms with van der Waals surface area (Å²) in [7, 11) is 1.14. The Hall–Kier alpha value is -8.82. The number of benzene rings is 4. The molecule has 0 aliphatic carbocycles.